The van der Waals surface area contributed by atoms with E-state index < -0.39 is 0 Å². The van der Waals surface area contributed by atoms with Crippen LogP contribution in [0.15, 0.2) is 84.9 Å². The Labute approximate surface area is 199 Å². The maximum Gasteiger partial charge on any atom is 0.244 e. The molecular weight excluding hydrogens is 424 g/mol. The zero-order valence-corrected chi connectivity index (χ0v) is 19.4. The van der Waals surface area contributed by atoms with Gasteiger partial charge in [0, 0.05) is 18.1 Å². The van der Waals surface area contributed by atoms with Gasteiger partial charge < -0.3 is 10.6 Å². The second-order valence-electron chi connectivity index (χ2n) is 8.29. The number of hydrogen-bond acceptors (Lipinski definition) is 3. The topological polar surface area (TPSA) is 76.0 Å². The molecule has 0 fully saturated rings. The molecule has 0 atom stereocenters. The van der Waals surface area contributed by atoms with Gasteiger partial charge in [0.2, 0.25) is 11.8 Å². The van der Waals surface area contributed by atoms with E-state index in [1.54, 1.807) is 4.68 Å². The third kappa shape index (κ3) is 5.78. The summed E-state index contributed by atoms with van der Waals surface area (Å²) >= 11 is 0. The summed E-state index contributed by atoms with van der Waals surface area (Å²) in [5.74, 6) is 0.0831. The molecule has 1 aromatic heterocycles. The number of hydrogen-bond donors (Lipinski definition) is 2. The summed E-state index contributed by atoms with van der Waals surface area (Å²) in [5, 5.41) is 10.4. The molecule has 0 aliphatic heterocycles. The molecule has 172 valence electrons. The van der Waals surface area contributed by atoms with Crippen molar-refractivity contribution in [3.05, 3.63) is 102 Å². The number of nitrogens with one attached hydrogen (secondary N) is 2. The van der Waals surface area contributed by atoms with Gasteiger partial charge in [-0.25, -0.2) is 4.68 Å². The van der Waals surface area contributed by atoms with E-state index in [0.717, 1.165) is 33.6 Å². The van der Waals surface area contributed by atoms with Crippen molar-refractivity contribution >= 4 is 17.6 Å². The van der Waals surface area contributed by atoms with Crippen molar-refractivity contribution in [3.63, 3.8) is 0 Å². The first-order chi connectivity index (χ1) is 16.5. The molecule has 0 aliphatic rings. The van der Waals surface area contributed by atoms with E-state index in [4.69, 9.17) is 5.10 Å². The Balaban J connectivity index is 1.47. The lowest BCUT2D eigenvalue weighted by Gasteiger charge is -2.12. The van der Waals surface area contributed by atoms with E-state index in [-0.39, 0.29) is 18.4 Å². The molecule has 2 amide bonds. The number of carbonyl (C=O) groups is 2. The molecule has 6 heteroatoms. The molecule has 0 saturated heterocycles. The fraction of sp³-hybridized carbons (Fsp3) is 0.179. The molecule has 0 spiro atoms. The number of carbonyl (C=O) groups excluding carboxylic acids is 2. The normalized spacial score (nSPS) is 10.6. The lowest BCUT2D eigenvalue weighted by atomic mass is 10.1. The highest BCUT2D eigenvalue weighted by molar-refractivity contribution is 5.94. The van der Waals surface area contributed by atoms with Crippen molar-refractivity contribution in [3.8, 4) is 16.9 Å². The van der Waals surface area contributed by atoms with Gasteiger partial charge in [0.25, 0.3) is 0 Å². The maximum absolute atomic E-state index is 12.7. The minimum atomic E-state index is -0.307. The molecule has 3 aromatic carbocycles. The Morgan fingerprint density at radius 3 is 2.26 bits per heavy atom. The standard InChI is InChI=1S/C28H28N4O2/c1-20-13-15-25(21(2)17-20)32-26(18-24(31-32)23-11-7-4-8-12-23)30-28(34)19-29-27(33)16-14-22-9-5-3-6-10-22/h3-13,15,17-18H,14,16,19H2,1-2H3,(H,29,33)(H,30,34). The summed E-state index contributed by atoms with van der Waals surface area (Å²) in [6.07, 6.45) is 0.962. The number of aromatic nitrogens is 2. The molecule has 6 nitrogen and oxygen atoms in total. The van der Waals surface area contributed by atoms with Crippen LogP contribution in [0, 0.1) is 13.8 Å². The molecule has 4 aromatic rings. The van der Waals surface area contributed by atoms with Gasteiger partial charge in [0.05, 0.1) is 17.9 Å². The predicted molar refractivity (Wildman–Crippen MR) is 135 cm³/mol. The monoisotopic (exact) mass is 452 g/mol. The van der Waals surface area contributed by atoms with Gasteiger partial charge in [-0.15, -0.1) is 0 Å². The Morgan fingerprint density at radius 1 is 0.853 bits per heavy atom. The third-order valence-corrected chi connectivity index (χ3v) is 5.56. The minimum Gasteiger partial charge on any atom is -0.347 e. The van der Waals surface area contributed by atoms with E-state index in [1.807, 2.05) is 92.7 Å². The van der Waals surface area contributed by atoms with Crippen LogP contribution >= 0.6 is 0 Å². The largest absolute Gasteiger partial charge is 0.347 e. The summed E-state index contributed by atoms with van der Waals surface area (Å²) in [4.78, 5) is 24.9. The smallest absolute Gasteiger partial charge is 0.244 e. The van der Waals surface area contributed by atoms with Crippen LogP contribution in [0.5, 0.6) is 0 Å². The highest BCUT2D eigenvalue weighted by Gasteiger charge is 2.16. The second-order valence-corrected chi connectivity index (χ2v) is 8.29. The van der Waals surface area contributed by atoms with Crippen molar-refractivity contribution in [1.82, 2.24) is 15.1 Å². The molecule has 4 rings (SSSR count). The van der Waals surface area contributed by atoms with E-state index in [0.29, 0.717) is 18.7 Å². The number of nitrogens with zero attached hydrogens (tertiary/aromatic N) is 2. The zero-order valence-electron chi connectivity index (χ0n) is 19.4. The molecular formula is C28H28N4O2. The van der Waals surface area contributed by atoms with Gasteiger partial charge in [-0.3, -0.25) is 9.59 Å². The average molecular weight is 453 g/mol. The molecule has 2 N–H and O–H groups in total. The van der Waals surface area contributed by atoms with Crippen molar-refractivity contribution < 1.29 is 9.59 Å². The van der Waals surface area contributed by atoms with Crippen LogP contribution in [0.25, 0.3) is 16.9 Å². The molecule has 1 heterocycles. The first-order valence-electron chi connectivity index (χ1n) is 11.3. The Kier molecular flexibility index (Phi) is 7.18. The van der Waals surface area contributed by atoms with E-state index in [1.165, 1.54) is 0 Å². The van der Waals surface area contributed by atoms with Crippen molar-refractivity contribution in [1.29, 1.82) is 0 Å². The maximum atomic E-state index is 12.7. The minimum absolute atomic E-state index is 0.105. The Bertz CT molecular complexity index is 1280. The summed E-state index contributed by atoms with van der Waals surface area (Å²) in [6, 6.07) is 27.6. The molecule has 34 heavy (non-hydrogen) atoms. The van der Waals surface area contributed by atoms with Crippen LogP contribution in [0.3, 0.4) is 0 Å². The van der Waals surface area contributed by atoms with Crippen LogP contribution < -0.4 is 10.6 Å². The van der Waals surface area contributed by atoms with E-state index in [9.17, 15) is 9.59 Å². The summed E-state index contributed by atoms with van der Waals surface area (Å²) in [5.41, 5.74) is 5.88. The highest BCUT2D eigenvalue weighted by atomic mass is 16.2. The zero-order chi connectivity index (χ0) is 23.9. The molecule has 0 bridgehead atoms. The van der Waals surface area contributed by atoms with Gasteiger partial charge >= 0.3 is 0 Å². The Hall–Kier alpha value is -4.19. The molecule has 0 unspecified atom stereocenters. The quantitative estimate of drug-likeness (QED) is 0.402. The lowest BCUT2D eigenvalue weighted by molar-refractivity contribution is -0.124. The summed E-state index contributed by atoms with van der Waals surface area (Å²) in [6.45, 7) is 3.95. The average Bonchev–Trinajstić information content (AvgIpc) is 3.26. The Morgan fingerprint density at radius 2 is 1.56 bits per heavy atom. The van der Waals surface area contributed by atoms with Crippen molar-refractivity contribution in [2.45, 2.75) is 26.7 Å². The predicted octanol–water partition coefficient (Wildman–Crippen LogP) is 4.84. The summed E-state index contributed by atoms with van der Waals surface area (Å²) in [7, 11) is 0. The van der Waals surface area contributed by atoms with Crippen LogP contribution in [-0.2, 0) is 16.0 Å². The number of anilines is 1. The van der Waals surface area contributed by atoms with Gasteiger partial charge in [-0.1, -0.05) is 78.4 Å². The highest BCUT2D eigenvalue weighted by Crippen LogP contribution is 2.26. The lowest BCUT2D eigenvalue weighted by Crippen LogP contribution is -2.33. The van der Waals surface area contributed by atoms with Gasteiger partial charge in [0.15, 0.2) is 0 Å². The summed E-state index contributed by atoms with van der Waals surface area (Å²) < 4.78 is 1.74. The van der Waals surface area contributed by atoms with Gasteiger partial charge in [-0.2, -0.15) is 5.10 Å². The van der Waals surface area contributed by atoms with Crippen LogP contribution in [-0.4, -0.2) is 28.1 Å². The molecule has 0 saturated carbocycles. The number of aryl methyl sites for hydroxylation is 3. The fourth-order valence-corrected chi connectivity index (χ4v) is 3.80. The van der Waals surface area contributed by atoms with Crippen molar-refractivity contribution in [2.24, 2.45) is 0 Å². The van der Waals surface area contributed by atoms with Crippen LogP contribution in [0.2, 0.25) is 0 Å². The van der Waals surface area contributed by atoms with Crippen LogP contribution in [0.4, 0.5) is 5.82 Å². The number of benzene rings is 3. The number of rotatable bonds is 8. The fourth-order valence-electron chi connectivity index (χ4n) is 3.80. The number of amides is 2. The third-order valence-electron chi connectivity index (χ3n) is 5.56. The first-order valence-corrected chi connectivity index (χ1v) is 11.3. The molecule has 0 radical (unpaired) electrons. The molecule has 0 aliphatic carbocycles. The van der Waals surface area contributed by atoms with Gasteiger partial charge in [-0.05, 0) is 37.5 Å². The van der Waals surface area contributed by atoms with E-state index >= 15 is 0 Å². The van der Waals surface area contributed by atoms with Crippen molar-refractivity contribution in [2.75, 3.05) is 11.9 Å². The van der Waals surface area contributed by atoms with E-state index in [2.05, 4.69) is 16.7 Å². The van der Waals surface area contributed by atoms with Crippen LogP contribution in [0.1, 0.15) is 23.1 Å². The second kappa shape index (κ2) is 10.6. The SMILES string of the molecule is Cc1ccc(-n2nc(-c3ccccc3)cc2NC(=O)CNC(=O)CCc2ccccc2)c(C)c1. The van der Waals surface area contributed by atoms with Gasteiger partial charge in [0.1, 0.15) is 5.82 Å². The first kappa shape index (κ1) is 23.0.